The van der Waals surface area contributed by atoms with Gasteiger partial charge in [-0.1, -0.05) is 58.4 Å². The molecule has 0 saturated heterocycles. The number of rotatable bonds is 7. The van der Waals surface area contributed by atoms with E-state index in [1.54, 1.807) is 67.7 Å². The second-order valence-electron chi connectivity index (χ2n) is 8.26. The third-order valence-electron chi connectivity index (χ3n) is 5.81. The molecule has 0 fully saturated rings. The van der Waals surface area contributed by atoms with Crippen LogP contribution in [-0.4, -0.2) is 36.7 Å². The summed E-state index contributed by atoms with van der Waals surface area (Å²) in [7, 11) is 4.65. The first kappa shape index (κ1) is 27.6. The maximum Gasteiger partial charge on any atom is 0.213 e. The molecule has 0 aliphatic heterocycles. The lowest BCUT2D eigenvalue weighted by molar-refractivity contribution is 0.103. The van der Waals surface area contributed by atoms with Gasteiger partial charge in [0.05, 0.1) is 21.3 Å². The number of ether oxygens (including phenoxy) is 3. The molecule has 1 aromatic heterocycles. The van der Waals surface area contributed by atoms with Gasteiger partial charge in [0.2, 0.25) is 5.78 Å². The molecule has 1 heterocycles. The van der Waals surface area contributed by atoms with E-state index in [1.807, 2.05) is 48.5 Å². The van der Waals surface area contributed by atoms with E-state index < -0.39 is 5.82 Å². The second-order valence-corrected chi connectivity index (χ2v) is 9.18. The highest BCUT2D eigenvalue weighted by molar-refractivity contribution is 9.10. The summed E-state index contributed by atoms with van der Waals surface area (Å²) < 4.78 is 32.3. The summed E-state index contributed by atoms with van der Waals surface area (Å²) in [6, 6.07) is 27.0. The van der Waals surface area contributed by atoms with Gasteiger partial charge in [-0.3, -0.25) is 4.79 Å². The first-order chi connectivity index (χ1) is 18.9. The van der Waals surface area contributed by atoms with Gasteiger partial charge in [0.1, 0.15) is 23.5 Å². The van der Waals surface area contributed by atoms with Crippen LogP contribution in [0, 0.1) is 5.82 Å². The van der Waals surface area contributed by atoms with Gasteiger partial charge in [0, 0.05) is 27.5 Å². The van der Waals surface area contributed by atoms with Crippen molar-refractivity contribution in [1.82, 2.24) is 9.55 Å². The van der Waals surface area contributed by atoms with E-state index in [2.05, 4.69) is 20.9 Å². The molecule has 0 saturated carbocycles. The van der Waals surface area contributed by atoms with Crippen molar-refractivity contribution in [2.45, 2.75) is 0 Å². The summed E-state index contributed by atoms with van der Waals surface area (Å²) in [6.07, 6.45) is 3.25. The van der Waals surface area contributed by atoms with Crippen LogP contribution in [0.15, 0.2) is 108 Å². The number of halogens is 2. The Kier molecular flexibility index (Phi) is 9.12. The summed E-state index contributed by atoms with van der Waals surface area (Å²) in [5.41, 5.74) is 3.04. The molecule has 6 nitrogen and oxygen atoms in total. The summed E-state index contributed by atoms with van der Waals surface area (Å²) in [6.45, 7) is 0. The van der Waals surface area contributed by atoms with E-state index >= 15 is 0 Å². The average molecular weight is 589 g/mol. The number of ketones is 1. The number of carbonyl (C=O) groups excluding carboxylic acids is 1. The molecule has 4 aromatic carbocycles. The van der Waals surface area contributed by atoms with Crippen LogP contribution in [0.3, 0.4) is 0 Å². The third kappa shape index (κ3) is 6.72. The quantitative estimate of drug-likeness (QED) is 0.185. The standard InChI is InChI=1S/C24H19FN2O3.C7H7BrO/c1-29-19-9-4-7-17(13-19)23(28)22-14-27(15-26-22)18-8-3-6-16(12-18)20-10-5-11-21(25)24(20)30-2;1-9-7-4-2-3-6(8)5-7/h3-15H,1-2H3;2-5H,1H3. The smallest absolute Gasteiger partial charge is 0.213 e. The third-order valence-corrected chi connectivity index (χ3v) is 6.30. The Morgan fingerprint density at radius 2 is 1.51 bits per heavy atom. The summed E-state index contributed by atoms with van der Waals surface area (Å²) in [4.78, 5) is 17.0. The van der Waals surface area contributed by atoms with E-state index in [-0.39, 0.29) is 11.5 Å². The average Bonchev–Trinajstić information content (AvgIpc) is 3.47. The fourth-order valence-corrected chi connectivity index (χ4v) is 4.24. The maximum absolute atomic E-state index is 14.1. The van der Waals surface area contributed by atoms with Gasteiger partial charge >= 0.3 is 0 Å². The molecule has 5 rings (SSSR count). The van der Waals surface area contributed by atoms with Crippen LogP contribution in [0.25, 0.3) is 16.8 Å². The van der Waals surface area contributed by atoms with Crippen molar-refractivity contribution in [2.75, 3.05) is 21.3 Å². The Bertz CT molecular complexity index is 1580. The monoisotopic (exact) mass is 588 g/mol. The predicted octanol–water partition coefficient (Wildman–Crippen LogP) is 7.38. The molecule has 0 aliphatic carbocycles. The van der Waals surface area contributed by atoms with Gasteiger partial charge in [-0.15, -0.1) is 0 Å². The largest absolute Gasteiger partial charge is 0.497 e. The second kappa shape index (κ2) is 12.9. The van der Waals surface area contributed by atoms with E-state index in [4.69, 9.17) is 14.2 Å². The number of carbonyl (C=O) groups is 1. The molecule has 8 heteroatoms. The highest BCUT2D eigenvalue weighted by Gasteiger charge is 2.15. The van der Waals surface area contributed by atoms with Gasteiger partial charge < -0.3 is 18.8 Å². The van der Waals surface area contributed by atoms with Crippen molar-refractivity contribution >= 4 is 21.7 Å². The van der Waals surface area contributed by atoms with Gasteiger partial charge in [0.25, 0.3) is 0 Å². The van der Waals surface area contributed by atoms with Gasteiger partial charge in [0.15, 0.2) is 11.6 Å². The number of benzene rings is 4. The highest BCUT2D eigenvalue weighted by Crippen LogP contribution is 2.33. The Morgan fingerprint density at radius 3 is 2.21 bits per heavy atom. The van der Waals surface area contributed by atoms with E-state index in [9.17, 15) is 9.18 Å². The first-order valence-corrected chi connectivity index (χ1v) is 12.7. The van der Waals surface area contributed by atoms with Crippen LogP contribution in [0.5, 0.6) is 17.2 Å². The zero-order valence-electron chi connectivity index (χ0n) is 21.6. The molecular formula is C31H26BrFN2O4. The van der Waals surface area contributed by atoms with Crippen LogP contribution in [0.4, 0.5) is 4.39 Å². The zero-order chi connectivity index (χ0) is 27.8. The maximum atomic E-state index is 14.1. The number of aromatic nitrogens is 2. The van der Waals surface area contributed by atoms with Crippen molar-refractivity contribution in [3.63, 3.8) is 0 Å². The lowest BCUT2D eigenvalue weighted by Crippen LogP contribution is -2.02. The summed E-state index contributed by atoms with van der Waals surface area (Å²) in [5, 5.41) is 0. The molecular weight excluding hydrogens is 563 g/mol. The van der Waals surface area contributed by atoms with Crippen LogP contribution < -0.4 is 14.2 Å². The van der Waals surface area contributed by atoms with E-state index in [0.29, 0.717) is 22.6 Å². The molecule has 0 N–H and O–H groups in total. The minimum Gasteiger partial charge on any atom is -0.497 e. The lowest BCUT2D eigenvalue weighted by atomic mass is 10.0. The number of nitrogens with zero attached hydrogens (tertiary/aromatic N) is 2. The van der Waals surface area contributed by atoms with Crippen molar-refractivity contribution < 1.29 is 23.4 Å². The highest BCUT2D eigenvalue weighted by atomic mass is 79.9. The first-order valence-electron chi connectivity index (χ1n) is 11.9. The molecule has 0 amide bonds. The lowest BCUT2D eigenvalue weighted by Gasteiger charge is -2.11. The minimum atomic E-state index is -0.422. The molecule has 0 unspecified atom stereocenters. The summed E-state index contributed by atoms with van der Waals surface area (Å²) in [5.74, 6) is 1.06. The molecule has 0 radical (unpaired) electrons. The molecule has 5 aromatic rings. The summed E-state index contributed by atoms with van der Waals surface area (Å²) >= 11 is 3.32. The fraction of sp³-hybridized carbons (Fsp3) is 0.0968. The minimum absolute atomic E-state index is 0.189. The van der Waals surface area contributed by atoms with E-state index in [0.717, 1.165) is 21.5 Å². The van der Waals surface area contributed by atoms with Crippen LogP contribution >= 0.6 is 15.9 Å². The molecule has 198 valence electrons. The van der Waals surface area contributed by atoms with Crippen LogP contribution in [0.2, 0.25) is 0 Å². The fourth-order valence-electron chi connectivity index (χ4n) is 3.87. The number of hydrogen-bond donors (Lipinski definition) is 0. The van der Waals surface area contributed by atoms with Gasteiger partial charge in [-0.2, -0.15) is 0 Å². The van der Waals surface area contributed by atoms with Crippen molar-refractivity contribution in [2.24, 2.45) is 0 Å². The van der Waals surface area contributed by atoms with Gasteiger partial charge in [-0.05, 0) is 54.1 Å². The normalized spacial score (nSPS) is 10.3. The molecule has 0 aliphatic rings. The van der Waals surface area contributed by atoms with Gasteiger partial charge in [-0.25, -0.2) is 9.37 Å². The number of imidazole rings is 1. The molecule has 0 bridgehead atoms. The molecule has 39 heavy (non-hydrogen) atoms. The topological polar surface area (TPSA) is 62.6 Å². The number of methoxy groups -OCH3 is 3. The molecule has 0 atom stereocenters. The van der Waals surface area contributed by atoms with Crippen LogP contribution in [-0.2, 0) is 0 Å². The predicted molar refractivity (Wildman–Crippen MR) is 153 cm³/mol. The van der Waals surface area contributed by atoms with E-state index in [1.165, 1.54) is 13.2 Å². The number of hydrogen-bond acceptors (Lipinski definition) is 5. The molecule has 0 spiro atoms. The van der Waals surface area contributed by atoms with Crippen LogP contribution in [0.1, 0.15) is 16.1 Å². The number of para-hydroxylation sites is 1. The van der Waals surface area contributed by atoms with Crippen molar-refractivity contribution in [1.29, 1.82) is 0 Å². The van der Waals surface area contributed by atoms with Crippen molar-refractivity contribution in [3.05, 3.63) is 125 Å². The Labute approximate surface area is 234 Å². The van der Waals surface area contributed by atoms with Crippen molar-refractivity contribution in [3.8, 4) is 34.1 Å². The Hall–Kier alpha value is -4.43. The SMILES string of the molecule is COc1cccc(Br)c1.COc1cccc(C(=O)c2cn(-c3cccc(-c4cccc(F)c4OC)c3)cn2)c1. The Morgan fingerprint density at radius 1 is 0.821 bits per heavy atom. The Balaban J connectivity index is 0.000000333. The zero-order valence-corrected chi connectivity index (χ0v) is 23.2.